The van der Waals surface area contributed by atoms with Crippen LogP contribution in [0.2, 0.25) is 0 Å². The number of carbonyl (C=O) groups excluding carboxylic acids is 2. The van der Waals surface area contributed by atoms with Crippen LogP contribution in [0.4, 0.5) is 0 Å². The molecule has 2 aromatic rings. The van der Waals surface area contributed by atoms with Crippen LogP contribution >= 0.6 is 0 Å². The number of carbonyl (C=O) groups is 2. The molecule has 33 heavy (non-hydrogen) atoms. The minimum absolute atomic E-state index is 0.0128. The molecule has 1 fully saturated rings. The third kappa shape index (κ3) is 5.16. The maximum Gasteiger partial charge on any atom is 0.254 e. The van der Waals surface area contributed by atoms with E-state index in [1.165, 1.54) is 0 Å². The molecule has 1 saturated heterocycles. The third-order valence-corrected chi connectivity index (χ3v) is 5.81. The van der Waals surface area contributed by atoms with E-state index in [0.29, 0.717) is 41.7 Å². The Morgan fingerprint density at radius 3 is 2.15 bits per heavy atom. The van der Waals surface area contributed by atoms with Crippen molar-refractivity contribution in [2.24, 2.45) is 5.92 Å². The van der Waals surface area contributed by atoms with E-state index < -0.39 is 5.92 Å². The highest BCUT2D eigenvalue weighted by molar-refractivity contribution is 5.95. The zero-order valence-corrected chi connectivity index (χ0v) is 20.0. The van der Waals surface area contributed by atoms with E-state index in [2.05, 4.69) is 5.32 Å². The first kappa shape index (κ1) is 24.2. The van der Waals surface area contributed by atoms with Gasteiger partial charge in [0.25, 0.3) is 5.91 Å². The summed E-state index contributed by atoms with van der Waals surface area (Å²) in [4.78, 5) is 28.1. The molecule has 2 aromatic carbocycles. The molecule has 3 rings (SSSR count). The van der Waals surface area contributed by atoms with Gasteiger partial charge < -0.3 is 29.2 Å². The number of amides is 2. The average molecular weight is 457 g/mol. The fraction of sp³-hybridized carbons (Fsp3) is 0.440. The summed E-state index contributed by atoms with van der Waals surface area (Å²) in [6.45, 7) is 4.52. The van der Waals surface area contributed by atoms with Gasteiger partial charge in [-0.15, -0.1) is 0 Å². The van der Waals surface area contributed by atoms with Crippen molar-refractivity contribution >= 4 is 11.8 Å². The number of methoxy groups -OCH3 is 4. The van der Waals surface area contributed by atoms with Crippen molar-refractivity contribution in [2.75, 3.05) is 41.5 Å². The first-order valence-corrected chi connectivity index (χ1v) is 10.9. The smallest absolute Gasteiger partial charge is 0.254 e. The molecule has 0 saturated carbocycles. The molecule has 1 aliphatic heterocycles. The van der Waals surface area contributed by atoms with Crippen LogP contribution in [-0.2, 0) is 4.79 Å². The summed E-state index contributed by atoms with van der Waals surface area (Å²) in [6.07, 6.45) is 0. The summed E-state index contributed by atoms with van der Waals surface area (Å²) >= 11 is 0. The van der Waals surface area contributed by atoms with Crippen molar-refractivity contribution in [1.82, 2.24) is 10.2 Å². The average Bonchev–Trinajstić information content (AvgIpc) is 3.27. The molecule has 8 nitrogen and oxygen atoms in total. The zero-order valence-electron chi connectivity index (χ0n) is 20.0. The second-order valence-corrected chi connectivity index (χ2v) is 8.28. The Balaban J connectivity index is 1.99. The minimum atomic E-state index is -0.426. The Hall–Kier alpha value is -3.42. The predicted octanol–water partition coefficient (Wildman–Crippen LogP) is 3.10. The van der Waals surface area contributed by atoms with Gasteiger partial charge in [-0.2, -0.15) is 0 Å². The van der Waals surface area contributed by atoms with Crippen molar-refractivity contribution in [2.45, 2.75) is 25.8 Å². The van der Waals surface area contributed by atoms with Gasteiger partial charge in [0.15, 0.2) is 11.5 Å². The molecule has 1 N–H and O–H groups in total. The highest BCUT2D eigenvalue weighted by Crippen LogP contribution is 2.43. The number of rotatable bonds is 8. The van der Waals surface area contributed by atoms with Crippen molar-refractivity contribution in [3.63, 3.8) is 0 Å². The highest BCUT2D eigenvalue weighted by atomic mass is 16.5. The second-order valence-electron chi connectivity index (χ2n) is 8.28. The lowest BCUT2D eigenvalue weighted by molar-refractivity contribution is -0.125. The normalized spacial score (nSPS) is 17.6. The molecule has 0 bridgehead atoms. The SMILES string of the molecule is COc1cccc(C(=O)N2C[C@@H](C(=O)NC(C)C)[C@H](c3cc(OC)c(OC)c(OC)c3)C2)c1. The second kappa shape index (κ2) is 10.5. The van der Waals surface area contributed by atoms with Crippen molar-refractivity contribution in [1.29, 1.82) is 0 Å². The van der Waals surface area contributed by atoms with Crippen LogP contribution in [0.15, 0.2) is 36.4 Å². The van der Waals surface area contributed by atoms with E-state index >= 15 is 0 Å². The number of hydrogen-bond donors (Lipinski definition) is 1. The number of nitrogens with zero attached hydrogens (tertiary/aromatic N) is 1. The Morgan fingerprint density at radius 2 is 1.61 bits per heavy atom. The lowest BCUT2D eigenvalue weighted by Crippen LogP contribution is -2.39. The van der Waals surface area contributed by atoms with Gasteiger partial charge in [0, 0.05) is 30.6 Å². The summed E-state index contributed by atoms with van der Waals surface area (Å²) < 4.78 is 21.7. The summed E-state index contributed by atoms with van der Waals surface area (Å²) in [5.41, 5.74) is 1.36. The summed E-state index contributed by atoms with van der Waals surface area (Å²) in [6, 6.07) is 10.7. The van der Waals surface area contributed by atoms with Crippen molar-refractivity contribution in [3.05, 3.63) is 47.5 Å². The van der Waals surface area contributed by atoms with Gasteiger partial charge in [0.2, 0.25) is 11.7 Å². The molecule has 0 radical (unpaired) electrons. The quantitative estimate of drug-likeness (QED) is 0.657. The Bertz CT molecular complexity index is 981. The van der Waals surface area contributed by atoms with Gasteiger partial charge in [0.05, 0.1) is 34.4 Å². The molecule has 8 heteroatoms. The van der Waals surface area contributed by atoms with Crippen LogP contribution in [0.25, 0.3) is 0 Å². The third-order valence-electron chi connectivity index (χ3n) is 5.81. The van der Waals surface area contributed by atoms with Gasteiger partial charge >= 0.3 is 0 Å². The lowest BCUT2D eigenvalue weighted by atomic mass is 9.87. The van der Waals surface area contributed by atoms with Gasteiger partial charge in [0.1, 0.15) is 5.75 Å². The van der Waals surface area contributed by atoms with Gasteiger partial charge in [-0.25, -0.2) is 0 Å². The van der Waals surface area contributed by atoms with Crippen LogP contribution in [0.3, 0.4) is 0 Å². The van der Waals surface area contributed by atoms with E-state index in [9.17, 15) is 9.59 Å². The molecular formula is C25H32N2O6. The zero-order chi connectivity index (χ0) is 24.1. The Labute approximate surface area is 194 Å². The fourth-order valence-electron chi connectivity index (χ4n) is 4.22. The van der Waals surface area contributed by atoms with Crippen LogP contribution in [0.1, 0.15) is 35.7 Å². The standard InChI is InChI=1S/C25H32N2O6/c1-15(2)26-24(28)20-14-27(25(29)16-8-7-9-18(10-16)30-3)13-19(20)17-11-21(31-4)23(33-6)22(12-17)32-5/h7-12,15,19-20H,13-14H2,1-6H3,(H,26,28)/t19-,20+/m0/s1. The van der Waals surface area contributed by atoms with Gasteiger partial charge in [-0.3, -0.25) is 9.59 Å². The molecule has 0 spiro atoms. The number of ether oxygens (including phenoxy) is 4. The van der Waals surface area contributed by atoms with Crippen LogP contribution in [-0.4, -0.2) is 64.3 Å². The van der Waals surface area contributed by atoms with E-state index in [4.69, 9.17) is 18.9 Å². The lowest BCUT2D eigenvalue weighted by Gasteiger charge is -2.21. The molecule has 2 amide bonds. The Morgan fingerprint density at radius 1 is 0.939 bits per heavy atom. The number of hydrogen-bond acceptors (Lipinski definition) is 6. The molecule has 0 aromatic heterocycles. The topological polar surface area (TPSA) is 86.3 Å². The van der Waals surface area contributed by atoms with E-state index in [-0.39, 0.29) is 23.8 Å². The maximum atomic E-state index is 13.3. The monoisotopic (exact) mass is 456 g/mol. The Kier molecular flexibility index (Phi) is 7.68. The summed E-state index contributed by atoms with van der Waals surface area (Å²) in [7, 11) is 6.21. The molecule has 1 aliphatic rings. The first-order chi connectivity index (χ1) is 15.8. The van der Waals surface area contributed by atoms with Gasteiger partial charge in [-0.05, 0) is 49.7 Å². The molecule has 2 atom stereocenters. The minimum Gasteiger partial charge on any atom is -0.497 e. The van der Waals surface area contributed by atoms with E-state index in [0.717, 1.165) is 5.56 Å². The largest absolute Gasteiger partial charge is 0.497 e. The fourth-order valence-corrected chi connectivity index (χ4v) is 4.22. The maximum absolute atomic E-state index is 13.3. The predicted molar refractivity (Wildman–Crippen MR) is 125 cm³/mol. The summed E-state index contributed by atoms with van der Waals surface area (Å²) in [5, 5.41) is 3.00. The van der Waals surface area contributed by atoms with E-state index in [1.54, 1.807) is 57.6 Å². The first-order valence-electron chi connectivity index (χ1n) is 10.9. The molecule has 1 heterocycles. The molecular weight excluding hydrogens is 424 g/mol. The van der Waals surface area contributed by atoms with Crippen LogP contribution in [0.5, 0.6) is 23.0 Å². The van der Waals surface area contributed by atoms with Crippen molar-refractivity contribution in [3.8, 4) is 23.0 Å². The number of likely N-dealkylation sites (tertiary alicyclic amines) is 1. The van der Waals surface area contributed by atoms with Crippen LogP contribution in [0, 0.1) is 5.92 Å². The highest BCUT2D eigenvalue weighted by Gasteiger charge is 2.41. The van der Waals surface area contributed by atoms with Gasteiger partial charge in [-0.1, -0.05) is 6.07 Å². The molecule has 0 aliphatic carbocycles. The molecule has 0 unspecified atom stereocenters. The molecule has 178 valence electrons. The van der Waals surface area contributed by atoms with Crippen molar-refractivity contribution < 1.29 is 28.5 Å². The summed E-state index contributed by atoms with van der Waals surface area (Å²) in [5.74, 6) is 1.19. The number of nitrogens with one attached hydrogen (secondary N) is 1. The number of benzene rings is 2. The van der Waals surface area contributed by atoms with E-state index in [1.807, 2.05) is 26.0 Å². The van der Waals surface area contributed by atoms with Crippen LogP contribution < -0.4 is 24.3 Å².